The van der Waals surface area contributed by atoms with Gasteiger partial charge < -0.3 is 5.32 Å². The van der Waals surface area contributed by atoms with Gasteiger partial charge in [0.2, 0.25) is 0 Å². The second kappa shape index (κ2) is 6.18. The number of hydrogen-bond acceptors (Lipinski definition) is 3. The van der Waals surface area contributed by atoms with Gasteiger partial charge in [0, 0.05) is 22.8 Å². The topological polar surface area (TPSA) is 29.9 Å². The Bertz CT molecular complexity index is 943. The van der Waals surface area contributed by atoms with Gasteiger partial charge in [0.25, 0.3) is 0 Å². The predicted octanol–water partition coefficient (Wildman–Crippen LogP) is 5.46. The van der Waals surface area contributed by atoms with Crippen LogP contribution in [0.3, 0.4) is 0 Å². The Morgan fingerprint density at radius 1 is 1.04 bits per heavy atom. The fourth-order valence-electron chi connectivity index (χ4n) is 2.55. The summed E-state index contributed by atoms with van der Waals surface area (Å²) in [5.74, 6) is 0. The average molecular weight is 384 g/mol. The molecule has 0 saturated carbocycles. The van der Waals surface area contributed by atoms with Gasteiger partial charge in [0.15, 0.2) is 0 Å². The minimum absolute atomic E-state index is 0.821. The summed E-state index contributed by atoms with van der Waals surface area (Å²) in [6, 6.07) is 20.8. The smallest absolute Gasteiger partial charge is 0.100 e. The maximum Gasteiger partial charge on any atom is 0.100 e. The summed E-state index contributed by atoms with van der Waals surface area (Å²) in [6.45, 7) is 0.821. The molecule has 23 heavy (non-hydrogen) atoms. The third-order valence-corrected chi connectivity index (χ3v) is 5.30. The lowest BCUT2D eigenvalue weighted by Crippen LogP contribution is -1.97. The van der Waals surface area contributed by atoms with Crippen LogP contribution in [-0.4, -0.2) is 9.55 Å². The third-order valence-electron chi connectivity index (χ3n) is 3.68. The van der Waals surface area contributed by atoms with E-state index in [0.29, 0.717) is 0 Å². The van der Waals surface area contributed by atoms with E-state index in [4.69, 9.17) is 0 Å². The molecule has 0 spiro atoms. The highest BCUT2D eigenvalue weighted by molar-refractivity contribution is 9.11. The van der Waals surface area contributed by atoms with Gasteiger partial charge in [-0.1, -0.05) is 18.2 Å². The predicted molar refractivity (Wildman–Crippen MR) is 100 cm³/mol. The zero-order valence-corrected chi connectivity index (χ0v) is 14.6. The molecule has 0 aliphatic rings. The van der Waals surface area contributed by atoms with E-state index in [-0.39, 0.29) is 0 Å². The number of anilines is 1. The maximum absolute atomic E-state index is 4.53. The molecule has 1 N–H and O–H groups in total. The summed E-state index contributed by atoms with van der Waals surface area (Å²) in [6.07, 6.45) is 1.88. The molecule has 4 aromatic rings. The van der Waals surface area contributed by atoms with Gasteiger partial charge in [-0.3, -0.25) is 4.57 Å². The first-order chi connectivity index (χ1) is 11.3. The second-order valence-electron chi connectivity index (χ2n) is 5.21. The molecule has 0 unspecified atom stereocenters. The van der Waals surface area contributed by atoms with Crippen molar-refractivity contribution in [3.8, 4) is 5.69 Å². The first-order valence-electron chi connectivity index (χ1n) is 7.30. The Hall–Kier alpha value is -2.11. The molecule has 2 aromatic heterocycles. The van der Waals surface area contributed by atoms with Gasteiger partial charge in [-0.15, -0.1) is 11.3 Å². The van der Waals surface area contributed by atoms with Crippen molar-refractivity contribution in [1.29, 1.82) is 0 Å². The fraction of sp³-hybridized carbons (Fsp3) is 0.0556. The lowest BCUT2D eigenvalue weighted by molar-refractivity contribution is 1.09. The number of hydrogen-bond donors (Lipinski definition) is 1. The third kappa shape index (κ3) is 3.02. The van der Waals surface area contributed by atoms with E-state index in [0.717, 1.165) is 32.7 Å². The molecule has 0 fully saturated rings. The van der Waals surface area contributed by atoms with Crippen LogP contribution in [0.15, 0.2) is 70.8 Å². The van der Waals surface area contributed by atoms with Crippen molar-refractivity contribution < 1.29 is 0 Å². The molecule has 5 heteroatoms. The lowest BCUT2D eigenvalue weighted by Gasteiger charge is -2.06. The Balaban J connectivity index is 1.59. The number of halogens is 1. The monoisotopic (exact) mass is 383 g/mol. The molecule has 4 rings (SSSR count). The molecule has 114 valence electrons. The molecule has 2 aromatic carbocycles. The number of nitrogens with one attached hydrogen (secondary N) is 1. The van der Waals surface area contributed by atoms with E-state index < -0.39 is 0 Å². The number of benzene rings is 2. The van der Waals surface area contributed by atoms with Gasteiger partial charge in [-0.05, 0) is 58.4 Å². The van der Waals surface area contributed by atoms with Crippen molar-refractivity contribution in [2.24, 2.45) is 0 Å². The first-order valence-corrected chi connectivity index (χ1v) is 8.91. The highest BCUT2D eigenvalue weighted by Crippen LogP contribution is 2.25. The molecule has 2 heterocycles. The van der Waals surface area contributed by atoms with Crippen LogP contribution in [0.2, 0.25) is 0 Å². The first kappa shape index (κ1) is 14.5. The SMILES string of the molecule is Brc1ccc(CNc2ccc3c(c2)ncn3-c2ccccc2)s1. The quantitative estimate of drug-likeness (QED) is 0.506. The largest absolute Gasteiger partial charge is 0.380 e. The fourth-order valence-corrected chi connectivity index (χ4v) is 3.98. The van der Waals surface area contributed by atoms with Crippen molar-refractivity contribution in [1.82, 2.24) is 9.55 Å². The Morgan fingerprint density at radius 2 is 1.91 bits per heavy atom. The normalized spacial score (nSPS) is 11.0. The summed E-state index contributed by atoms with van der Waals surface area (Å²) < 4.78 is 3.27. The van der Waals surface area contributed by atoms with Gasteiger partial charge in [0.05, 0.1) is 14.8 Å². The van der Waals surface area contributed by atoms with E-state index in [9.17, 15) is 0 Å². The van der Waals surface area contributed by atoms with Crippen LogP contribution in [0.4, 0.5) is 5.69 Å². The molecule has 0 atom stereocenters. The van der Waals surface area contributed by atoms with Crippen LogP contribution in [0, 0.1) is 0 Å². The highest BCUT2D eigenvalue weighted by atomic mass is 79.9. The van der Waals surface area contributed by atoms with E-state index in [1.54, 1.807) is 11.3 Å². The van der Waals surface area contributed by atoms with Crippen LogP contribution >= 0.6 is 27.3 Å². The molecule has 0 saturated heterocycles. The molecule has 0 aliphatic heterocycles. The average Bonchev–Trinajstić information content (AvgIpc) is 3.19. The molecular weight excluding hydrogens is 370 g/mol. The molecule has 0 bridgehead atoms. The number of nitrogens with zero attached hydrogens (tertiary/aromatic N) is 2. The zero-order valence-electron chi connectivity index (χ0n) is 12.2. The van der Waals surface area contributed by atoms with E-state index in [2.05, 4.69) is 73.3 Å². The van der Waals surface area contributed by atoms with Gasteiger partial charge >= 0.3 is 0 Å². The molecule has 0 amide bonds. The zero-order chi connectivity index (χ0) is 15.6. The van der Waals surface area contributed by atoms with E-state index in [1.165, 1.54) is 4.88 Å². The van der Waals surface area contributed by atoms with Crippen molar-refractivity contribution in [3.63, 3.8) is 0 Å². The van der Waals surface area contributed by atoms with Crippen LogP contribution in [0.25, 0.3) is 16.7 Å². The minimum Gasteiger partial charge on any atom is -0.380 e. The molecule has 0 radical (unpaired) electrons. The molecule has 0 aliphatic carbocycles. The van der Waals surface area contributed by atoms with Crippen molar-refractivity contribution in [2.45, 2.75) is 6.54 Å². The number of aromatic nitrogens is 2. The van der Waals surface area contributed by atoms with Crippen LogP contribution in [0.1, 0.15) is 4.88 Å². The molecular formula is C18H14BrN3S. The summed E-state index contributed by atoms with van der Waals surface area (Å²) in [5, 5.41) is 3.46. The Labute approximate surface area is 146 Å². The standard InChI is InChI=1S/C18H14BrN3S/c19-18-9-7-15(23-18)11-20-13-6-8-17-16(10-13)21-12-22(17)14-4-2-1-3-5-14/h1-10,12,20H,11H2. The molecule has 3 nitrogen and oxygen atoms in total. The van der Waals surface area contributed by atoms with Crippen LogP contribution in [-0.2, 0) is 6.54 Å². The second-order valence-corrected chi connectivity index (χ2v) is 7.76. The van der Waals surface area contributed by atoms with E-state index >= 15 is 0 Å². The number of fused-ring (bicyclic) bond motifs is 1. The maximum atomic E-state index is 4.53. The number of rotatable bonds is 4. The van der Waals surface area contributed by atoms with Crippen molar-refractivity contribution >= 4 is 44.0 Å². The summed E-state index contributed by atoms with van der Waals surface area (Å²) >= 11 is 5.24. The van der Waals surface area contributed by atoms with Crippen molar-refractivity contribution in [2.75, 3.05) is 5.32 Å². The number of thiophene rings is 1. The number of imidazole rings is 1. The summed E-state index contributed by atoms with van der Waals surface area (Å²) in [7, 11) is 0. The van der Waals surface area contributed by atoms with E-state index in [1.807, 2.05) is 24.5 Å². The van der Waals surface area contributed by atoms with Gasteiger partial charge in [0.1, 0.15) is 6.33 Å². The van der Waals surface area contributed by atoms with Crippen molar-refractivity contribution in [3.05, 3.63) is 75.7 Å². The Kier molecular flexibility index (Phi) is 3.89. The minimum atomic E-state index is 0.821. The van der Waals surface area contributed by atoms with Crippen LogP contribution in [0.5, 0.6) is 0 Å². The van der Waals surface area contributed by atoms with Gasteiger partial charge in [-0.25, -0.2) is 4.98 Å². The van der Waals surface area contributed by atoms with Gasteiger partial charge in [-0.2, -0.15) is 0 Å². The highest BCUT2D eigenvalue weighted by Gasteiger charge is 2.05. The van der Waals surface area contributed by atoms with Crippen LogP contribution < -0.4 is 5.32 Å². The number of para-hydroxylation sites is 1. The summed E-state index contributed by atoms with van der Waals surface area (Å²) in [4.78, 5) is 5.83. The lowest BCUT2D eigenvalue weighted by atomic mass is 10.2. The Morgan fingerprint density at radius 3 is 2.70 bits per heavy atom. The summed E-state index contributed by atoms with van der Waals surface area (Å²) in [5.41, 5.74) is 4.31.